The van der Waals surface area contributed by atoms with Crippen molar-refractivity contribution in [2.24, 2.45) is 7.05 Å². The summed E-state index contributed by atoms with van der Waals surface area (Å²) in [5, 5.41) is 2.84. The van der Waals surface area contributed by atoms with Crippen LogP contribution in [0.3, 0.4) is 0 Å². The first-order valence-electron chi connectivity index (χ1n) is 9.92. The maximum Gasteiger partial charge on any atom is 0.354 e. The molecule has 3 rings (SSSR count). The summed E-state index contributed by atoms with van der Waals surface area (Å²) >= 11 is 0. The fourth-order valence-corrected chi connectivity index (χ4v) is 5.25. The number of sulfonamides is 1. The zero-order valence-electron chi connectivity index (χ0n) is 17.4. The lowest BCUT2D eigenvalue weighted by Crippen LogP contribution is -2.45. The second kappa shape index (κ2) is 9.01. The summed E-state index contributed by atoms with van der Waals surface area (Å²) in [6.07, 6.45) is 2.43. The number of nitrogens with one attached hydrogen (secondary N) is 1. The third-order valence-electron chi connectivity index (χ3n) is 5.16. The Morgan fingerprint density at radius 2 is 1.93 bits per heavy atom. The third kappa shape index (κ3) is 4.57. The summed E-state index contributed by atoms with van der Waals surface area (Å²) in [4.78, 5) is 24.7. The zero-order chi connectivity index (χ0) is 21.9. The molecule has 1 aliphatic heterocycles. The Labute approximate surface area is 176 Å². The molecule has 2 aromatic rings. The average molecular weight is 434 g/mol. The Morgan fingerprint density at radius 1 is 1.23 bits per heavy atom. The first kappa shape index (κ1) is 22.0. The summed E-state index contributed by atoms with van der Waals surface area (Å²) < 4.78 is 34.0. The van der Waals surface area contributed by atoms with E-state index in [4.69, 9.17) is 4.74 Å². The van der Waals surface area contributed by atoms with Crippen molar-refractivity contribution in [3.63, 3.8) is 0 Å². The van der Waals surface area contributed by atoms with Crippen LogP contribution in [-0.2, 0) is 33.1 Å². The number of aromatic nitrogens is 1. The minimum Gasteiger partial charge on any atom is -0.461 e. The number of hydrogen-bond acceptors (Lipinski definition) is 5. The van der Waals surface area contributed by atoms with Crippen LogP contribution in [0.2, 0.25) is 0 Å². The van der Waals surface area contributed by atoms with Gasteiger partial charge in [0.05, 0.1) is 6.61 Å². The first-order chi connectivity index (χ1) is 14.2. The molecule has 9 heteroatoms. The fraction of sp³-hybridized carbons (Fsp3) is 0.429. The Morgan fingerprint density at radius 3 is 2.60 bits per heavy atom. The van der Waals surface area contributed by atoms with E-state index < -0.39 is 22.0 Å². The zero-order valence-corrected chi connectivity index (χ0v) is 18.2. The van der Waals surface area contributed by atoms with Gasteiger partial charge in [-0.15, -0.1) is 0 Å². The minimum absolute atomic E-state index is 0.0220. The quantitative estimate of drug-likeness (QED) is 0.674. The summed E-state index contributed by atoms with van der Waals surface area (Å²) in [5.41, 5.74) is 2.22. The van der Waals surface area contributed by atoms with Crippen LogP contribution in [0.1, 0.15) is 41.4 Å². The second-order valence-electron chi connectivity index (χ2n) is 7.37. The highest BCUT2D eigenvalue weighted by Gasteiger charge is 2.40. The van der Waals surface area contributed by atoms with Crippen molar-refractivity contribution in [3.05, 3.63) is 53.3 Å². The summed E-state index contributed by atoms with van der Waals surface area (Å²) in [6, 6.07) is 8.31. The average Bonchev–Trinajstić information content (AvgIpc) is 3.35. The number of hydrogen-bond donors (Lipinski definition) is 1. The van der Waals surface area contributed by atoms with Gasteiger partial charge < -0.3 is 14.6 Å². The van der Waals surface area contributed by atoms with Crippen LogP contribution in [0, 0.1) is 6.92 Å². The monoisotopic (exact) mass is 433 g/mol. The SMILES string of the molecule is CCOC(=O)c1cc(S(=O)(=O)N2CCCC2C(=O)NCc2ccc(C)cc2)cn1C. The predicted molar refractivity (Wildman–Crippen MR) is 111 cm³/mol. The standard InChI is InChI=1S/C21H27N3O5S/c1-4-29-21(26)19-12-17(14-23(19)3)30(27,28)24-11-5-6-18(24)20(25)22-13-16-9-7-15(2)8-10-16/h7-10,12,14,18H,4-6,11,13H2,1-3H3,(H,22,25). The minimum atomic E-state index is -3.93. The third-order valence-corrected chi connectivity index (χ3v) is 7.04. The number of amides is 1. The molecule has 30 heavy (non-hydrogen) atoms. The van der Waals surface area contributed by atoms with Gasteiger partial charge in [-0.05, 0) is 38.3 Å². The highest BCUT2D eigenvalue weighted by atomic mass is 32.2. The van der Waals surface area contributed by atoms with Crippen LogP contribution in [0.5, 0.6) is 0 Å². The van der Waals surface area contributed by atoms with Gasteiger partial charge in [0.25, 0.3) is 0 Å². The number of esters is 1. The maximum absolute atomic E-state index is 13.2. The van der Waals surface area contributed by atoms with Crippen LogP contribution in [0.15, 0.2) is 41.4 Å². The Balaban J connectivity index is 1.75. The van der Waals surface area contributed by atoms with E-state index in [-0.39, 0.29) is 29.6 Å². The van der Waals surface area contributed by atoms with Crippen LogP contribution in [0.25, 0.3) is 0 Å². The fourth-order valence-electron chi connectivity index (χ4n) is 3.52. The molecule has 1 atom stereocenters. The van der Waals surface area contributed by atoms with Gasteiger partial charge in [0.1, 0.15) is 16.6 Å². The van der Waals surface area contributed by atoms with Crippen molar-refractivity contribution >= 4 is 21.9 Å². The molecule has 0 spiro atoms. The van der Waals surface area contributed by atoms with Gasteiger partial charge in [-0.3, -0.25) is 4.79 Å². The summed E-state index contributed by atoms with van der Waals surface area (Å²) in [5.74, 6) is -0.909. The number of benzene rings is 1. The number of aryl methyl sites for hydroxylation is 2. The summed E-state index contributed by atoms with van der Waals surface area (Å²) in [7, 11) is -2.34. The Bertz CT molecular complexity index is 1030. The molecule has 0 radical (unpaired) electrons. The van der Waals surface area contributed by atoms with Crippen molar-refractivity contribution in [2.45, 2.75) is 44.2 Å². The molecule has 162 valence electrons. The van der Waals surface area contributed by atoms with Gasteiger partial charge in [-0.1, -0.05) is 29.8 Å². The van der Waals surface area contributed by atoms with Crippen molar-refractivity contribution in [3.8, 4) is 0 Å². The molecule has 1 amide bonds. The molecule has 1 saturated heterocycles. The normalized spacial score (nSPS) is 17.1. The van der Waals surface area contributed by atoms with Crippen LogP contribution >= 0.6 is 0 Å². The Kier molecular flexibility index (Phi) is 6.62. The van der Waals surface area contributed by atoms with Gasteiger partial charge in [-0.25, -0.2) is 13.2 Å². The molecule has 1 N–H and O–H groups in total. The molecule has 1 aromatic carbocycles. The van der Waals surface area contributed by atoms with Crippen molar-refractivity contribution < 1.29 is 22.7 Å². The molecule has 0 bridgehead atoms. The van der Waals surface area contributed by atoms with Gasteiger partial charge in [-0.2, -0.15) is 4.31 Å². The van der Waals surface area contributed by atoms with Crippen LogP contribution in [-0.4, -0.2) is 48.4 Å². The molecule has 1 fully saturated rings. The lowest BCUT2D eigenvalue weighted by atomic mass is 10.1. The smallest absolute Gasteiger partial charge is 0.354 e. The number of nitrogens with zero attached hydrogens (tertiary/aromatic N) is 2. The van der Waals surface area contributed by atoms with E-state index in [2.05, 4.69) is 5.32 Å². The van der Waals surface area contributed by atoms with E-state index in [1.54, 1.807) is 14.0 Å². The van der Waals surface area contributed by atoms with Gasteiger partial charge in [0, 0.05) is 26.3 Å². The van der Waals surface area contributed by atoms with E-state index in [0.717, 1.165) is 11.1 Å². The second-order valence-corrected chi connectivity index (χ2v) is 9.26. The largest absolute Gasteiger partial charge is 0.461 e. The van der Waals surface area contributed by atoms with E-state index in [1.165, 1.54) is 21.1 Å². The molecule has 1 aromatic heterocycles. The van der Waals surface area contributed by atoms with Crippen LogP contribution in [0.4, 0.5) is 0 Å². The lowest BCUT2D eigenvalue weighted by Gasteiger charge is -2.23. The van der Waals surface area contributed by atoms with Crippen molar-refractivity contribution in [2.75, 3.05) is 13.2 Å². The molecule has 1 aliphatic rings. The molecule has 0 aliphatic carbocycles. The molecule has 1 unspecified atom stereocenters. The topological polar surface area (TPSA) is 97.7 Å². The van der Waals surface area contributed by atoms with E-state index in [9.17, 15) is 18.0 Å². The van der Waals surface area contributed by atoms with E-state index in [1.807, 2.05) is 31.2 Å². The van der Waals surface area contributed by atoms with E-state index >= 15 is 0 Å². The first-order valence-corrected chi connectivity index (χ1v) is 11.4. The van der Waals surface area contributed by atoms with Crippen molar-refractivity contribution in [1.82, 2.24) is 14.2 Å². The Hall–Kier alpha value is -2.65. The van der Waals surface area contributed by atoms with Gasteiger partial charge >= 0.3 is 5.97 Å². The number of ether oxygens (including phenoxy) is 1. The highest BCUT2D eigenvalue weighted by molar-refractivity contribution is 7.89. The molecule has 2 heterocycles. The highest BCUT2D eigenvalue weighted by Crippen LogP contribution is 2.27. The van der Waals surface area contributed by atoms with Crippen molar-refractivity contribution in [1.29, 1.82) is 0 Å². The summed E-state index contributed by atoms with van der Waals surface area (Å²) in [6.45, 7) is 4.46. The predicted octanol–water partition coefficient (Wildman–Crippen LogP) is 1.98. The lowest BCUT2D eigenvalue weighted by molar-refractivity contribution is -0.124. The van der Waals surface area contributed by atoms with Gasteiger partial charge in [0.15, 0.2) is 0 Å². The number of rotatable bonds is 7. The molecule has 8 nitrogen and oxygen atoms in total. The molecule has 0 saturated carbocycles. The number of carbonyl (C=O) groups is 2. The maximum atomic E-state index is 13.2. The molecular formula is C21H27N3O5S. The number of carbonyl (C=O) groups excluding carboxylic acids is 2. The van der Waals surface area contributed by atoms with Crippen LogP contribution < -0.4 is 5.32 Å². The molecular weight excluding hydrogens is 406 g/mol. The van der Waals surface area contributed by atoms with Gasteiger partial charge in [0.2, 0.25) is 15.9 Å². The van der Waals surface area contributed by atoms with E-state index in [0.29, 0.717) is 19.4 Å².